The fourth-order valence-corrected chi connectivity index (χ4v) is 2.39. The summed E-state index contributed by atoms with van der Waals surface area (Å²) in [5.41, 5.74) is 1.17. The van der Waals surface area contributed by atoms with Gasteiger partial charge in [0.25, 0.3) is 0 Å². The Kier molecular flexibility index (Phi) is 3.14. The van der Waals surface area contributed by atoms with Gasteiger partial charge in [0.05, 0.1) is 5.56 Å². The lowest BCUT2D eigenvalue weighted by Crippen LogP contribution is -2.22. The zero-order chi connectivity index (χ0) is 15.0. The van der Waals surface area contributed by atoms with Crippen LogP contribution in [0, 0.1) is 0 Å². The van der Waals surface area contributed by atoms with Crippen molar-refractivity contribution in [3.63, 3.8) is 0 Å². The first-order valence-electron chi connectivity index (χ1n) is 6.65. The van der Waals surface area contributed by atoms with E-state index < -0.39 is 5.97 Å². The van der Waals surface area contributed by atoms with E-state index in [0.717, 1.165) is 0 Å². The van der Waals surface area contributed by atoms with Crippen LogP contribution in [0.2, 0.25) is 0 Å². The van der Waals surface area contributed by atoms with Gasteiger partial charge in [0.15, 0.2) is 11.6 Å². The van der Waals surface area contributed by atoms with Crippen molar-refractivity contribution in [2.45, 2.75) is 13.3 Å². The van der Waals surface area contributed by atoms with E-state index in [0.29, 0.717) is 11.1 Å². The van der Waals surface area contributed by atoms with Gasteiger partial charge in [0, 0.05) is 23.1 Å². The van der Waals surface area contributed by atoms with Crippen molar-refractivity contribution in [1.82, 2.24) is 0 Å². The van der Waals surface area contributed by atoms with E-state index >= 15 is 0 Å². The largest absolute Gasteiger partial charge is 0.426 e. The number of ether oxygens (including phenoxy) is 1. The van der Waals surface area contributed by atoms with Crippen molar-refractivity contribution in [1.29, 1.82) is 0 Å². The van der Waals surface area contributed by atoms with Crippen molar-refractivity contribution >= 4 is 17.5 Å². The van der Waals surface area contributed by atoms with Gasteiger partial charge in [-0.15, -0.1) is 0 Å². The Bertz CT molecular complexity index is 774. The lowest BCUT2D eigenvalue weighted by atomic mass is 9.83. The van der Waals surface area contributed by atoms with Gasteiger partial charge >= 0.3 is 5.97 Å². The van der Waals surface area contributed by atoms with E-state index in [4.69, 9.17) is 4.74 Å². The number of esters is 1. The second kappa shape index (κ2) is 4.98. The van der Waals surface area contributed by atoms with E-state index in [1.165, 1.54) is 6.07 Å². The van der Waals surface area contributed by atoms with E-state index in [1.807, 2.05) is 0 Å². The van der Waals surface area contributed by atoms with Crippen LogP contribution in [0.15, 0.2) is 42.5 Å². The predicted octanol–water partition coefficient (Wildman–Crippen LogP) is 2.78. The lowest BCUT2D eigenvalue weighted by molar-refractivity contribution is -0.134. The first-order chi connectivity index (χ1) is 10.1. The number of hydrogen-bond donors (Lipinski definition) is 0. The number of benzene rings is 2. The third kappa shape index (κ3) is 2.05. The van der Waals surface area contributed by atoms with E-state index in [1.54, 1.807) is 43.3 Å². The Hall–Kier alpha value is -2.75. The molecule has 1 aliphatic carbocycles. The average Bonchev–Trinajstić information content (AvgIpc) is 2.52. The molecule has 0 amide bonds. The quantitative estimate of drug-likeness (QED) is 0.535. The maximum atomic E-state index is 12.6. The van der Waals surface area contributed by atoms with Crippen molar-refractivity contribution in [3.8, 4) is 5.75 Å². The van der Waals surface area contributed by atoms with E-state index in [-0.39, 0.29) is 34.9 Å². The molecule has 3 rings (SSSR count). The summed E-state index contributed by atoms with van der Waals surface area (Å²) < 4.78 is 5.18. The molecule has 0 heterocycles. The Labute approximate surface area is 121 Å². The van der Waals surface area contributed by atoms with Crippen LogP contribution in [0.5, 0.6) is 5.75 Å². The minimum Gasteiger partial charge on any atom is -0.426 e. The molecule has 0 radical (unpaired) electrons. The highest BCUT2D eigenvalue weighted by Gasteiger charge is 2.32. The molecule has 21 heavy (non-hydrogen) atoms. The van der Waals surface area contributed by atoms with Gasteiger partial charge in [0.2, 0.25) is 0 Å². The number of fused-ring (bicyclic) bond motifs is 2. The highest BCUT2D eigenvalue weighted by atomic mass is 16.5. The van der Waals surface area contributed by atoms with E-state index in [2.05, 4.69) is 0 Å². The van der Waals surface area contributed by atoms with Gasteiger partial charge in [-0.2, -0.15) is 0 Å². The maximum absolute atomic E-state index is 12.6. The molecule has 0 atom stereocenters. The first kappa shape index (κ1) is 13.2. The molecule has 0 fully saturated rings. The standard InChI is InChI=1S/C17H12O4/c1-2-14(18)21-13-9-5-8-12-15(13)17(20)11-7-4-3-6-10(11)16(12)19/h3-9H,2H2,1H3. The molecule has 104 valence electrons. The zero-order valence-corrected chi connectivity index (χ0v) is 11.4. The molecule has 0 aromatic heterocycles. The molecule has 4 heteroatoms. The summed E-state index contributed by atoms with van der Waals surface area (Å²) in [6.07, 6.45) is 0.197. The van der Waals surface area contributed by atoms with Crippen LogP contribution in [-0.2, 0) is 4.79 Å². The Balaban J connectivity index is 2.19. The fraction of sp³-hybridized carbons (Fsp3) is 0.118. The molecule has 0 saturated carbocycles. The number of ketones is 2. The van der Waals surface area contributed by atoms with Crippen LogP contribution in [0.1, 0.15) is 45.2 Å². The van der Waals surface area contributed by atoms with Crippen molar-refractivity contribution < 1.29 is 19.1 Å². The minimum absolute atomic E-state index is 0.146. The Morgan fingerprint density at radius 2 is 1.52 bits per heavy atom. The second-order valence-corrected chi connectivity index (χ2v) is 4.71. The summed E-state index contributed by atoms with van der Waals surface area (Å²) in [6.45, 7) is 1.67. The van der Waals surface area contributed by atoms with E-state index in [9.17, 15) is 14.4 Å². The summed E-state index contributed by atoms with van der Waals surface area (Å²) in [7, 11) is 0. The maximum Gasteiger partial charge on any atom is 0.310 e. The van der Waals surface area contributed by atoms with Gasteiger partial charge in [-0.05, 0) is 6.07 Å². The summed E-state index contributed by atoms with van der Waals surface area (Å²) >= 11 is 0. The molecule has 0 unspecified atom stereocenters. The summed E-state index contributed by atoms with van der Waals surface area (Å²) in [4.78, 5) is 36.6. The monoisotopic (exact) mass is 280 g/mol. The van der Waals surface area contributed by atoms with Gasteiger partial charge in [-0.1, -0.05) is 43.3 Å². The highest BCUT2D eigenvalue weighted by molar-refractivity contribution is 6.29. The molecule has 0 saturated heterocycles. The molecular formula is C17H12O4. The van der Waals surface area contributed by atoms with Crippen LogP contribution in [0.3, 0.4) is 0 Å². The van der Waals surface area contributed by atoms with Gasteiger partial charge in [-0.3, -0.25) is 14.4 Å². The Morgan fingerprint density at radius 1 is 0.905 bits per heavy atom. The van der Waals surface area contributed by atoms with Crippen molar-refractivity contribution in [3.05, 3.63) is 64.7 Å². The number of carbonyl (C=O) groups is 3. The summed E-state index contributed by atoms with van der Waals surface area (Å²) in [5.74, 6) is -0.816. The molecule has 1 aliphatic rings. The third-order valence-electron chi connectivity index (χ3n) is 3.43. The predicted molar refractivity (Wildman–Crippen MR) is 75.7 cm³/mol. The number of hydrogen-bond acceptors (Lipinski definition) is 4. The summed E-state index contributed by atoms with van der Waals surface area (Å²) in [6, 6.07) is 11.4. The van der Waals surface area contributed by atoms with Crippen LogP contribution >= 0.6 is 0 Å². The average molecular weight is 280 g/mol. The third-order valence-corrected chi connectivity index (χ3v) is 3.43. The highest BCUT2D eigenvalue weighted by Crippen LogP contribution is 2.33. The Morgan fingerprint density at radius 3 is 2.19 bits per heavy atom. The fourth-order valence-electron chi connectivity index (χ4n) is 2.39. The molecule has 2 aromatic rings. The van der Waals surface area contributed by atoms with Crippen LogP contribution < -0.4 is 4.74 Å². The lowest BCUT2D eigenvalue weighted by Gasteiger charge is -2.19. The molecule has 0 aliphatic heterocycles. The first-order valence-corrected chi connectivity index (χ1v) is 6.65. The molecule has 0 bridgehead atoms. The SMILES string of the molecule is CCC(=O)Oc1cccc2c1C(=O)c1ccccc1C2=O. The molecular weight excluding hydrogens is 268 g/mol. The normalized spacial score (nSPS) is 12.6. The number of carbonyl (C=O) groups excluding carboxylic acids is 3. The second-order valence-electron chi connectivity index (χ2n) is 4.71. The molecule has 4 nitrogen and oxygen atoms in total. The topological polar surface area (TPSA) is 60.4 Å². The van der Waals surface area contributed by atoms with Crippen molar-refractivity contribution in [2.75, 3.05) is 0 Å². The zero-order valence-electron chi connectivity index (χ0n) is 11.4. The van der Waals surface area contributed by atoms with Gasteiger partial charge in [-0.25, -0.2) is 0 Å². The van der Waals surface area contributed by atoms with Gasteiger partial charge in [0.1, 0.15) is 5.75 Å². The van der Waals surface area contributed by atoms with Gasteiger partial charge < -0.3 is 4.74 Å². The molecule has 0 N–H and O–H groups in total. The van der Waals surface area contributed by atoms with Crippen LogP contribution in [0.4, 0.5) is 0 Å². The minimum atomic E-state index is -0.442. The van der Waals surface area contributed by atoms with Crippen LogP contribution in [-0.4, -0.2) is 17.5 Å². The van der Waals surface area contributed by atoms with Crippen LogP contribution in [0.25, 0.3) is 0 Å². The smallest absolute Gasteiger partial charge is 0.310 e. The van der Waals surface area contributed by atoms with Crippen molar-refractivity contribution in [2.24, 2.45) is 0 Å². The number of rotatable bonds is 2. The molecule has 0 spiro atoms. The molecule has 2 aromatic carbocycles. The summed E-state index contributed by atoms with van der Waals surface area (Å²) in [5, 5.41) is 0.